The number of carbonyl (C=O) groups is 2. The third kappa shape index (κ3) is 4.11. The van der Waals surface area contributed by atoms with Crippen molar-refractivity contribution in [2.45, 2.75) is 25.9 Å². The van der Waals surface area contributed by atoms with Gasteiger partial charge in [-0.3, -0.25) is 9.59 Å². The molecule has 0 radical (unpaired) electrons. The zero-order chi connectivity index (χ0) is 15.2. The van der Waals surface area contributed by atoms with Crippen LogP contribution in [0.4, 0.5) is 0 Å². The van der Waals surface area contributed by atoms with Crippen molar-refractivity contribution in [2.75, 3.05) is 19.6 Å². The minimum absolute atomic E-state index is 0.0228. The summed E-state index contributed by atoms with van der Waals surface area (Å²) in [6, 6.07) is 7.09. The quantitative estimate of drug-likeness (QED) is 0.923. The number of carbonyl (C=O) groups excluding carboxylic acids is 2. The smallest absolute Gasteiger partial charge is 0.263 e. The summed E-state index contributed by atoms with van der Waals surface area (Å²) in [7, 11) is 0. The summed E-state index contributed by atoms with van der Waals surface area (Å²) in [6.45, 7) is 3.30. The van der Waals surface area contributed by atoms with E-state index in [-0.39, 0.29) is 11.8 Å². The number of para-hydroxylation sites is 1. The summed E-state index contributed by atoms with van der Waals surface area (Å²) in [5, 5.41) is 3.23. The second-order valence-electron chi connectivity index (χ2n) is 4.87. The van der Waals surface area contributed by atoms with Crippen molar-refractivity contribution in [1.29, 1.82) is 0 Å². The number of amides is 2. The molecule has 0 aliphatic carbocycles. The van der Waals surface area contributed by atoms with Gasteiger partial charge in [0.15, 0.2) is 6.10 Å². The molecule has 1 saturated heterocycles. The molecule has 0 spiro atoms. The van der Waals surface area contributed by atoms with Gasteiger partial charge in [0.1, 0.15) is 5.75 Å². The van der Waals surface area contributed by atoms with E-state index in [1.807, 2.05) is 19.1 Å². The Morgan fingerprint density at radius 1 is 1.43 bits per heavy atom. The van der Waals surface area contributed by atoms with Crippen LogP contribution in [0.5, 0.6) is 5.75 Å². The summed E-state index contributed by atoms with van der Waals surface area (Å²) < 4.78 is 5.75. The van der Waals surface area contributed by atoms with Crippen LogP contribution in [-0.2, 0) is 9.59 Å². The molecule has 1 fully saturated rings. The fourth-order valence-corrected chi connectivity index (χ4v) is 2.37. The molecule has 2 rings (SSSR count). The lowest BCUT2D eigenvalue weighted by atomic mass is 10.2. The Kier molecular flexibility index (Phi) is 5.44. The van der Waals surface area contributed by atoms with Crippen molar-refractivity contribution in [1.82, 2.24) is 10.2 Å². The maximum Gasteiger partial charge on any atom is 0.263 e. The molecule has 1 aliphatic rings. The van der Waals surface area contributed by atoms with Gasteiger partial charge in [-0.15, -0.1) is 0 Å². The fourth-order valence-electron chi connectivity index (χ4n) is 2.19. The molecule has 2 amide bonds. The molecule has 1 atom stereocenters. The zero-order valence-corrected chi connectivity index (χ0v) is 12.7. The number of hydrogen-bond acceptors (Lipinski definition) is 3. The summed E-state index contributed by atoms with van der Waals surface area (Å²) >= 11 is 6.06. The van der Waals surface area contributed by atoms with Gasteiger partial charge in [0.25, 0.3) is 5.91 Å². The second-order valence-corrected chi connectivity index (χ2v) is 5.28. The third-order valence-electron chi connectivity index (χ3n) is 3.38. The van der Waals surface area contributed by atoms with Crippen LogP contribution >= 0.6 is 11.6 Å². The lowest BCUT2D eigenvalue weighted by Crippen LogP contribution is -2.43. The maximum absolute atomic E-state index is 12.5. The molecular weight excluding hydrogens is 292 g/mol. The lowest BCUT2D eigenvalue weighted by Gasteiger charge is -2.25. The molecule has 1 N–H and O–H groups in total. The minimum atomic E-state index is -0.585. The normalized spacial score (nSPS) is 16.9. The summed E-state index contributed by atoms with van der Waals surface area (Å²) in [5.41, 5.74) is 0. The first-order valence-corrected chi connectivity index (χ1v) is 7.46. The number of benzene rings is 1. The monoisotopic (exact) mass is 310 g/mol. The van der Waals surface area contributed by atoms with Gasteiger partial charge in [0, 0.05) is 26.1 Å². The van der Waals surface area contributed by atoms with E-state index in [9.17, 15) is 9.59 Å². The van der Waals surface area contributed by atoms with Crippen molar-refractivity contribution in [2.24, 2.45) is 0 Å². The molecule has 0 unspecified atom stereocenters. The molecule has 1 aliphatic heterocycles. The van der Waals surface area contributed by atoms with E-state index in [1.54, 1.807) is 17.0 Å². The number of nitrogens with zero attached hydrogens (tertiary/aromatic N) is 1. The van der Waals surface area contributed by atoms with Gasteiger partial charge in [-0.1, -0.05) is 30.7 Å². The van der Waals surface area contributed by atoms with Gasteiger partial charge in [0.05, 0.1) is 5.02 Å². The van der Waals surface area contributed by atoms with E-state index in [0.29, 0.717) is 43.2 Å². The third-order valence-corrected chi connectivity index (χ3v) is 3.69. The van der Waals surface area contributed by atoms with Crippen molar-refractivity contribution >= 4 is 23.4 Å². The van der Waals surface area contributed by atoms with Gasteiger partial charge in [-0.2, -0.15) is 0 Å². The number of ether oxygens (including phenoxy) is 1. The molecule has 21 heavy (non-hydrogen) atoms. The van der Waals surface area contributed by atoms with Crippen molar-refractivity contribution in [3.05, 3.63) is 29.3 Å². The van der Waals surface area contributed by atoms with E-state index in [1.165, 1.54) is 0 Å². The van der Waals surface area contributed by atoms with Crippen LogP contribution in [0.2, 0.25) is 5.02 Å². The van der Waals surface area contributed by atoms with Crippen LogP contribution in [0.25, 0.3) is 0 Å². The van der Waals surface area contributed by atoms with Crippen LogP contribution in [0.3, 0.4) is 0 Å². The first-order valence-electron chi connectivity index (χ1n) is 7.08. The minimum Gasteiger partial charge on any atom is -0.479 e. The second kappa shape index (κ2) is 7.31. The van der Waals surface area contributed by atoms with E-state index in [2.05, 4.69) is 5.32 Å². The van der Waals surface area contributed by atoms with Crippen LogP contribution < -0.4 is 10.1 Å². The molecule has 6 heteroatoms. The van der Waals surface area contributed by atoms with Gasteiger partial charge in [0.2, 0.25) is 5.91 Å². The van der Waals surface area contributed by atoms with Gasteiger partial charge >= 0.3 is 0 Å². The van der Waals surface area contributed by atoms with E-state index >= 15 is 0 Å². The predicted octanol–water partition coefficient (Wildman–Crippen LogP) is 1.85. The maximum atomic E-state index is 12.5. The molecule has 114 valence electrons. The van der Waals surface area contributed by atoms with Crippen molar-refractivity contribution in [3.8, 4) is 5.75 Å². The van der Waals surface area contributed by atoms with E-state index in [4.69, 9.17) is 16.3 Å². The van der Waals surface area contributed by atoms with Crippen molar-refractivity contribution < 1.29 is 14.3 Å². The molecule has 1 aromatic rings. The molecule has 0 aromatic heterocycles. The molecule has 1 heterocycles. The van der Waals surface area contributed by atoms with E-state index in [0.717, 1.165) is 0 Å². The van der Waals surface area contributed by atoms with Gasteiger partial charge in [-0.05, 0) is 18.6 Å². The average molecular weight is 311 g/mol. The number of nitrogens with one attached hydrogen (secondary N) is 1. The predicted molar refractivity (Wildman–Crippen MR) is 80.4 cm³/mol. The molecule has 0 bridgehead atoms. The Bertz CT molecular complexity index is 521. The first kappa shape index (κ1) is 15.6. The summed E-state index contributed by atoms with van der Waals surface area (Å²) in [4.78, 5) is 25.5. The summed E-state index contributed by atoms with van der Waals surface area (Å²) in [6.07, 6.45) is 0.286. The Labute approximate surface area is 129 Å². The Morgan fingerprint density at radius 3 is 2.90 bits per heavy atom. The first-order chi connectivity index (χ1) is 10.1. The van der Waals surface area contributed by atoms with E-state index < -0.39 is 6.10 Å². The number of hydrogen-bond donors (Lipinski definition) is 1. The number of halogens is 1. The molecular formula is C15H19ClN2O3. The van der Waals surface area contributed by atoms with Crippen LogP contribution in [0.1, 0.15) is 19.8 Å². The number of rotatable bonds is 4. The highest BCUT2D eigenvalue weighted by Crippen LogP contribution is 2.25. The van der Waals surface area contributed by atoms with Gasteiger partial charge in [-0.25, -0.2) is 0 Å². The van der Waals surface area contributed by atoms with Gasteiger partial charge < -0.3 is 15.0 Å². The molecule has 5 nitrogen and oxygen atoms in total. The highest BCUT2D eigenvalue weighted by atomic mass is 35.5. The standard InChI is InChI=1S/C15H19ClN2O3/c1-2-12(21-13-6-4-3-5-11(13)16)15(20)18-9-7-14(19)17-8-10-18/h3-6,12H,2,7-10H2,1H3,(H,17,19)/t12-/m0/s1. The fraction of sp³-hybridized carbons (Fsp3) is 0.467. The zero-order valence-electron chi connectivity index (χ0n) is 12.0. The average Bonchev–Trinajstić information content (AvgIpc) is 2.70. The SMILES string of the molecule is CC[C@H](Oc1ccccc1Cl)C(=O)N1CCNC(=O)CC1. The Balaban J connectivity index is 2.04. The van der Waals surface area contributed by atoms with Crippen LogP contribution in [0, 0.1) is 0 Å². The molecule has 0 saturated carbocycles. The Morgan fingerprint density at radius 2 is 2.19 bits per heavy atom. The highest BCUT2D eigenvalue weighted by Gasteiger charge is 2.26. The summed E-state index contributed by atoms with van der Waals surface area (Å²) in [5.74, 6) is 0.377. The Hall–Kier alpha value is -1.75. The highest BCUT2D eigenvalue weighted by molar-refractivity contribution is 6.32. The lowest BCUT2D eigenvalue weighted by molar-refractivity contribution is -0.138. The van der Waals surface area contributed by atoms with Crippen molar-refractivity contribution in [3.63, 3.8) is 0 Å². The van der Waals surface area contributed by atoms with Crippen LogP contribution in [-0.4, -0.2) is 42.5 Å². The molecule has 1 aromatic carbocycles. The largest absolute Gasteiger partial charge is 0.479 e. The van der Waals surface area contributed by atoms with Crippen LogP contribution in [0.15, 0.2) is 24.3 Å². The topological polar surface area (TPSA) is 58.6 Å².